The van der Waals surface area contributed by atoms with Gasteiger partial charge < -0.3 is 33.8 Å². The van der Waals surface area contributed by atoms with E-state index in [2.05, 4.69) is 55.4 Å². The first-order valence-corrected chi connectivity index (χ1v) is 39.2. The Morgan fingerprint density at radius 3 is 0.697 bits per heavy atom. The van der Waals surface area contributed by atoms with Crippen LogP contribution in [0.25, 0.3) is 0 Å². The summed E-state index contributed by atoms with van der Waals surface area (Å²) < 4.78 is 68.3. The Bertz CT molecular complexity index is 1760. The van der Waals surface area contributed by atoms with E-state index >= 15 is 0 Å². The van der Waals surface area contributed by atoms with Gasteiger partial charge in [-0.3, -0.25) is 37.3 Å². The Balaban J connectivity index is 5.24. The zero-order valence-electron chi connectivity index (χ0n) is 58.1. The summed E-state index contributed by atoms with van der Waals surface area (Å²) in [6.07, 6.45) is 41.8. The van der Waals surface area contributed by atoms with Crippen molar-refractivity contribution in [3.63, 3.8) is 0 Å². The summed E-state index contributed by atoms with van der Waals surface area (Å²) in [4.78, 5) is 72.5. The number of carbonyl (C=O) groups is 4. The van der Waals surface area contributed by atoms with Gasteiger partial charge in [-0.15, -0.1) is 0 Å². The van der Waals surface area contributed by atoms with E-state index in [1.165, 1.54) is 141 Å². The highest BCUT2D eigenvalue weighted by molar-refractivity contribution is 7.47. The average molecular weight is 1310 g/mol. The van der Waals surface area contributed by atoms with Gasteiger partial charge in [0.25, 0.3) is 0 Å². The van der Waals surface area contributed by atoms with Crippen molar-refractivity contribution < 1.29 is 80.2 Å². The first-order chi connectivity index (χ1) is 42.6. The summed E-state index contributed by atoms with van der Waals surface area (Å²) in [5, 5.41) is 10.6. The molecule has 89 heavy (non-hydrogen) atoms. The molecule has 0 radical (unpaired) electrons. The van der Waals surface area contributed by atoms with Gasteiger partial charge in [-0.1, -0.05) is 293 Å². The van der Waals surface area contributed by atoms with Crippen LogP contribution in [-0.4, -0.2) is 96.7 Å². The van der Waals surface area contributed by atoms with Crippen LogP contribution >= 0.6 is 15.6 Å². The summed E-state index contributed by atoms with van der Waals surface area (Å²) in [6, 6.07) is 0. The fourth-order valence-corrected chi connectivity index (χ4v) is 12.1. The van der Waals surface area contributed by atoms with E-state index in [1.54, 1.807) is 0 Å². The molecule has 0 aliphatic carbocycles. The standard InChI is InChI=1S/C70H136O17P2/c1-60(2)46-38-30-22-16-12-9-10-14-18-26-36-44-52-69(74)86-65(56-80-67(72)50-42-34-25-21-20-24-32-40-48-62(5)6)58-84-88(76,77)82-54-64(71)55-83-89(78,79)85-59-66(57-81-68(73)51-43-35-29-28-33-41-49-63(7)8)87-70(75)53-45-37-27-19-15-11-13-17-23-31-39-47-61(3)4/h60-66,71H,9-59H2,1-8H3,(H,76,77)(H,78,79)/t64-,65-,66-/m1/s1. The maximum absolute atomic E-state index is 13.0. The second-order valence-electron chi connectivity index (χ2n) is 27.2. The van der Waals surface area contributed by atoms with E-state index in [-0.39, 0.29) is 25.7 Å². The zero-order chi connectivity index (χ0) is 66.1. The van der Waals surface area contributed by atoms with Gasteiger partial charge in [-0.05, 0) is 49.4 Å². The molecular formula is C70H136O17P2. The van der Waals surface area contributed by atoms with Gasteiger partial charge in [0.05, 0.1) is 26.4 Å². The number of carbonyl (C=O) groups excluding carboxylic acids is 4. The number of phosphoric acid groups is 2. The van der Waals surface area contributed by atoms with Crippen molar-refractivity contribution in [1.29, 1.82) is 0 Å². The number of esters is 4. The van der Waals surface area contributed by atoms with E-state index in [1.807, 2.05) is 0 Å². The lowest BCUT2D eigenvalue weighted by Gasteiger charge is -2.21. The number of hydrogen-bond donors (Lipinski definition) is 3. The van der Waals surface area contributed by atoms with Crippen LogP contribution < -0.4 is 0 Å². The molecule has 0 fully saturated rings. The van der Waals surface area contributed by atoms with Crippen LogP contribution in [0.2, 0.25) is 0 Å². The lowest BCUT2D eigenvalue weighted by Crippen LogP contribution is -2.30. The molecule has 0 aromatic rings. The Hall–Kier alpha value is -1.94. The molecule has 5 atom stereocenters. The summed E-state index contributed by atoms with van der Waals surface area (Å²) >= 11 is 0. The van der Waals surface area contributed by atoms with Crippen LogP contribution in [0.3, 0.4) is 0 Å². The molecule has 0 amide bonds. The van der Waals surface area contributed by atoms with Crippen LogP contribution in [0.4, 0.5) is 0 Å². The SMILES string of the molecule is CC(C)CCCCCCCCCCCCCCC(=O)O[C@H](COC(=O)CCCCCCCCCCC(C)C)COP(=O)(O)OC[C@@H](O)COP(=O)(O)OC[C@@H](COC(=O)CCCCCCCCC(C)C)OC(=O)CCCCCCCCCCCCCC(C)C. The lowest BCUT2D eigenvalue weighted by molar-refractivity contribution is -0.161. The van der Waals surface area contributed by atoms with Crippen LogP contribution in [0, 0.1) is 23.7 Å². The first-order valence-electron chi connectivity index (χ1n) is 36.2. The van der Waals surface area contributed by atoms with E-state index in [9.17, 15) is 43.2 Å². The normalized spacial score (nSPS) is 14.3. The molecule has 2 unspecified atom stereocenters. The van der Waals surface area contributed by atoms with Crippen molar-refractivity contribution in [2.45, 2.75) is 363 Å². The third-order valence-electron chi connectivity index (χ3n) is 16.1. The molecule has 0 spiro atoms. The molecule has 0 rings (SSSR count). The summed E-state index contributed by atoms with van der Waals surface area (Å²) in [5.41, 5.74) is 0. The molecular weight excluding hydrogens is 1170 g/mol. The van der Waals surface area contributed by atoms with Crippen LogP contribution in [0.15, 0.2) is 0 Å². The minimum atomic E-state index is -4.95. The summed E-state index contributed by atoms with van der Waals surface area (Å²) in [5.74, 6) is 0.817. The maximum atomic E-state index is 13.0. The second kappa shape index (κ2) is 59.8. The predicted molar refractivity (Wildman–Crippen MR) is 358 cm³/mol. The molecule has 3 N–H and O–H groups in total. The second-order valence-corrected chi connectivity index (χ2v) is 30.1. The average Bonchev–Trinajstić information content (AvgIpc) is 3.66. The number of phosphoric ester groups is 2. The Labute approximate surface area is 543 Å². The first kappa shape index (κ1) is 87.1. The monoisotopic (exact) mass is 1310 g/mol. The highest BCUT2D eigenvalue weighted by Crippen LogP contribution is 2.45. The molecule has 19 heteroatoms. The minimum Gasteiger partial charge on any atom is -0.462 e. The van der Waals surface area contributed by atoms with E-state index < -0.39 is 97.5 Å². The van der Waals surface area contributed by atoms with Gasteiger partial charge in [0, 0.05) is 25.7 Å². The summed E-state index contributed by atoms with van der Waals surface area (Å²) in [7, 11) is -9.90. The van der Waals surface area contributed by atoms with E-state index in [0.29, 0.717) is 31.6 Å². The van der Waals surface area contributed by atoms with E-state index in [4.69, 9.17) is 37.0 Å². The highest BCUT2D eigenvalue weighted by atomic mass is 31.2. The molecule has 0 aliphatic rings. The van der Waals surface area contributed by atoms with Crippen molar-refractivity contribution in [1.82, 2.24) is 0 Å². The molecule has 528 valence electrons. The number of aliphatic hydroxyl groups is 1. The van der Waals surface area contributed by atoms with Crippen molar-refractivity contribution in [3.05, 3.63) is 0 Å². The smallest absolute Gasteiger partial charge is 0.462 e. The molecule has 0 aromatic heterocycles. The van der Waals surface area contributed by atoms with Crippen LogP contribution in [0.5, 0.6) is 0 Å². The Morgan fingerprint density at radius 2 is 0.472 bits per heavy atom. The predicted octanol–water partition coefficient (Wildman–Crippen LogP) is 19.7. The van der Waals surface area contributed by atoms with Gasteiger partial charge in [0.1, 0.15) is 19.3 Å². The number of hydrogen-bond acceptors (Lipinski definition) is 15. The van der Waals surface area contributed by atoms with Crippen molar-refractivity contribution in [2.75, 3.05) is 39.6 Å². The quantitative estimate of drug-likeness (QED) is 0.0222. The van der Waals surface area contributed by atoms with Crippen molar-refractivity contribution >= 4 is 39.5 Å². The van der Waals surface area contributed by atoms with Gasteiger partial charge in [0.2, 0.25) is 0 Å². The highest BCUT2D eigenvalue weighted by Gasteiger charge is 2.30. The molecule has 0 aromatic carbocycles. The zero-order valence-corrected chi connectivity index (χ0v) is 59.8. The fourth-order valence-electron chi connectivity index (χ4n) is 10.5. The Morgan fingerprint density at radius 1 is 0.281 bits per heavy atom. The van der Waals surface area contributed by atoms with Gasteiger partial charge in [-0.2, -0.15) is 0 Å². The maximum Gasteiger partial charge on any atom is 0.472 e. The largest absolute Gasteiger partial charge is 0.472 e. The van der Waals surface area contributed by atoms with Crippen LogP contribution in [-0.2, 0) is 65.4 Å². The fraction of sp³-hybridized carbons (Fsp3) is 0.943. The van der Waals surface area contributed by atoms with Gasteiger partial charge in [-0.25, -0.2) is 9.13 Å². The molecule has 0 saturated heterocycles. The molecule has 0 saturated carbocycles. The van der Waals surface area contributed by atoms with Crippen molar-refractivity contribution in [2.24, 2.45) is 23.7 Å². The van der Waals surface area contributed by atoms with Crippen molar-refractivity contribution in [3.8, 4) is 0 Å². The van der Waals surface area contributed by atoms with Crippen LogP contribution in [0.1, 0.15) is 344 Å². The van der Waals surface area contributed by atoms with Gasteiger partial charge >= 0.3 is 39.5 Å². The third kappa shape index (κ3) is 64.6. The molecule has 0 bridgehead atoms. The summed E-state index contributed by atoms with van der Waals surface area (Å²) in [6.45, 7) is 14.0. The number of aliphatic hydroxyl groups excluding tert-OH is 1. The minimum absolute atomic E-state index is 0.105. The molecule has 0 heterocycles. The Kier molecular flexibility index (Phi) is 58.5. The van der Waals surface area contributed by atoms with E-state index in [0.717, 1.165) is 114 Å². The topological polar surface area (TPSA) is 237 Å². The molecule has 0 aliphatic heterocycles. The number of rotatable bonds is 67. The number of ether oxygens (including phenoxy) is 4. The third-order valence-corrected chi connectivity index (χ3v) is 18.0. The molecule has 17 nitrogen and oxygen atoms in total. The van der Waals surface area contributed by atoms with Gasteiger partial charge in [0.15, 0.2) is 12.2 Å². The lowest BCUT2D eigenvalue weighted by atomic mass is 10.0. The number of unbranched alkanes of at least 4 members (excludes halogenated alkanes) is 33.